The molecule has 0 saturated carbocycles. The quantitative estimate of drug-likeness (QED) is 0.464. The predicted molar refractivity (Wildman–Crippen MR) is 90.5 cm³/mol. The molecule has 0 aliphatic carbocycles. The van der Waals surface area contributed by atoms with Crippen LogP contribution in [0.25, 0.3) is 0 Å². The van der Waals surface area contributed by atoms with Gasteiger partial charge in [0.1, 0.15) is 11.7 Å². The second-order valence-electron chi connectivity index (χ2n) is 5.15. The third-order valence-corrected chi connectivity index (χ3v) is 5.01. The second kappa shape index (κ2) is 6.93. The van der Waals surface area contributed by atoms with Crippen LogP contribution in [-0.4, -0.2) is 26.5 Å². The predicted octanol–water partition coefficient (Wildman–Crippen LogP) is 1.00. The van der Waals surface area contributed by atoms with Gasteiger partial charge in [0.15, 0.2) is 10.7 Å². The minimum atomic E-state index is -4.22. The molecule has 1 aliphatic heterocycles. The Labute approximate surface area is 139 Å². The van der Waals surface area contributed by atoms with E-state index in [-0.39, 0.29) is 10.7 Å². The minimum absolute atomic E-state index is 0.0739. The van der Waals surface area contributed by atoms with Crippen molar-refractivity contribution in [2.24, 2.45) is 16.5 Å². The fourth-order valence-electron chi connectivity index (χ4n) is 2.21. The van der Waals surface area contributed by atoms with E-state index < -0.39 is 26.4 Å². The summed E-state index contributed by atoms with van der Waals surface area (Å²) in [7, 11) is -4.22. The molecule has 0 unspecified atom stereocenters. The third-order valence-electron chi connectivity index (χ3n) is 3.19. The van der Waals surface area contributed by atoms with E-state index in [1.54, 1.807) is 13.0 Å². The van der Waals surface area contributed by atoms with Crippen LogP contribution < -0.4 is 16.8 Å². The first kappa shape index (κ1) is 17.8. The zero-order chi connectivity index (χ0) is 17.9. The first-order valence-electron chi connectivity index (χ1n) is 7.08. The van der Waals surface area contributed by atoms with Gasteiger partial charge in [0.2, 0.25) is 9.84 Å². The van der Waals surface area contributed by atoms with Gasteiger partial charge in [-0.05, 0) is 37.7 Å². The van der Waals surface area contributed by atoms with Crippen molar-refractivity contribution >= 4 is 21.4 Å². The van der Waals surface area contributed by atoms with Gasteiger partial charge in [-0.25, -0.2) is 17.8 Å². The van der Waals surface area contributed by atoms with Crippen molar-refractivity contribution in [3.63, 3.8) is 0 Å². The van der Waals surface area contributed by atoms with E-state index in [1.165, 1.54) is 12.1 Å². The van der Waals surface area contributed by atoms with Crippen molar-refractivity contribution in [3.05, 3.63) is 52.6 Å². The first-order valence-corrected chi connectivity index (χ1v) is 8.56. The highest BCUT2D eigenvalue weighted by Gasteiger charge is 2.29. The Morgan fingerprint density at radius 3 is 2.71 bits per heavy atom. The molecule has 0 saturated heterocycles. The Bertz CT molecular complexity index is 872. The van der Waals surface area contributed by atoms with Gasteiger partial charge in [-0.15, -0.1) is 0 Å². The van der Waals surface area contributed by atoms with Gasteiger partial charge in [0.25, 0.3) is 0 Å². The molecule has 128 valence electrons. The molecule has 2 rings (SSSR count). The topological polar surface area (TPSA) is 134 Å². The van der Waals surface area contributed by atoms with Crippen molar-refractivity contribution in [1.29, 1.82) is 5.41 Å². The summed E-state index contributed by atoms with van der Waals surface area (Å²) in [5, 5.41) is 10.5. The summed E-state index contributed by atoms with van der Waals surface area (Å²) in [6.07, 6.45) is 2.16. The zero-order valence-corrected chi connectivity index (χ0v) is 13.8. The molecule has 0 bridgehead atoms. The molecule has 6 N–H and O–H groups in total. The van der Waals surface area contributed by atoms with Crippen LogP contribution >= 0.6 is 0 Å². The number of nitrogens with two attached hydrogens (primary N) is 2. The van der Waals surface area contributed by atoms with E-state index >= 15 is 0 Å². The van der Waals surface area contributed by atoms with Crippen LogP contribution in [0.1, 0.15) is 13.3 Å². The number of rotatable bonds is 5. The lowest BCUT2D eigenvalue weighted by Gasteiger charge is -2.18. The number of hydrogen-bond donors (Lipinski definition) is 4. The second-order valence-corrected chi connectivity index (χ2v) is 7.03. The molecule has 0 amide bonds. The lowest BCUT2D eigenvalue weighted by atomic mass is 10.2. The summed E-state index contributed by atoms with van der Waals surface area (Å²) >= 11 is 0. The summed E-state index contributed by atoms with van der Waals surface area (Å²) in [6.45, 7) is 2.06. The average Bonchev–Trinajstić information content (AvgIpc) is 2.46. The molecule has 1 aromatic rings. The molecule has 0 spiro atoms. The number of halogens is 1. The van der Waals surface area contributed by atoms with Crippen LogP contribution in [0, 0.1) is 11.2 Å². The van der Waals surface area contributed by atoms with Gasteiger partial charge in [-0.1, -0.05) is 6.07 Å². The molecule has 1 aromatic carbocycles. The van der Waals surface area contributed by atoms with Crippen LogP contribution in [0.5, 0.6) is 0 Å². The zero-order valence-electron chi connectivity index (χ0n) is 13.0. The highest BCUT2D eigenvalue weighted by Crippen LogP contribution is 2.24. The molecule has 1 heterocycles. The van der Waals surface area contributed by atoms with Gasteiger partial charge in [0.05, 0.1) is 4.90 Å². The maximum absolute atomic E-state index is 13.4. The van der Waals surface area contributed by atoms with Crippen LogP contribution in [0.3, 0.4) is 0 Å². The molecular weight excluding hydrogens is 333 g/mol. The molecule has 9 heteroatoms. The number of benzene rings is 1. The fraction of sp³-hybridized carbons (Fsp3) is 0.200. The Morgan fingerprint density at radius 2 is 2.12 bits per heavy atom. The monoisotopic (exact) mass is 351 g/mol. The Hall–Kier alpha value is -2.52. The molecular formula is C15H18FN5O2S. The largest absolute Gasteiger partial charge is 0.383 e. The number of nitrogens with one attached hydrogen (secondary N) is 2. The molecule has 0 atom stereocenters. The van der Waals surface area contributed by atoms with Crippen molar-refractivity contribution in [3.8, 4) is 0 Å². The fourth-order valence-corrected chi connectivity index (χ4v) is 3.61. The highest BCUT2D eigenvalue weighted by atomic mass is 32.2. The number of allylic oxidation sites excluding steroid dienone is 2. The van der Waals surface area contributed by atoms with E-state index in [0.717, 1.165) is 12.1 Å². The summed E-state index contributed by atoms with van der Waals surface area (Å²) < 4.78 is 39.0. The van der Waals surface area contributed by atoms with E-state index in [0.29, 0.717) is 24.4 Å². The number of amidine groups is 1. The van der Waals surface area contributed by atoms with Crippen LogP contribution in [0.15, 0.2) is 56.7 Å². The van der Waals surface area contributed by atoms with Gasteiger partial charge in [-0.2, -0.15) is 0 Å². The van der Waals surface area contributed by atoms with E-state index in [1.807, 2.05) is 0 Å². The Morgan fingerprint density at radius 1 is 1.42 bits per heavy atom. The van der Waals surface area contributed by atoms with E-state index in [9.17, 15) is 12.8 Å². The lowest BCUT2D eigenvalue weighted by molar-refractivity contribution is 0.596. The van der Waals surface area contributed by atoms with Gasteiger partial charge < -0.3 is 16.8 Å². The number of hydrogen-bond acceptors (Lipinski definition) is 6. The molecule has 0 aromatic heterocycles. The van der Waals surface area contributed by atoms with Gasteiger partial charge in [-0.3, -0.25) is 5.41 Å². The van der Waals surface area contributed by atoms with Crippen LogP contribution in [0.2, 0.25) is 0 Å². The summed E-state index contributed by atoms with van der Waals surface area (Å²) in [5.41, 5.74) is 12.2. The molecule has 7 nitrogen and oxygen atoms in total. The van der Waals surface area contributed by atoms with Crippen LogP contribution in [-0.2, 0) is 9.84 Å². The maximum atomic E-state index is 13.4. The minimum Gasteiger partial charge on any atom is -0.383 e. The van der Waals surface area contributed by atoms with E-state index in [2.05, 4.69) is 10.3 Å². The highest BCUT2D eigenvalue weighted by molar-refractivity contribution is 7.96. The number of nitrogens with zero attached hydrogens (tertiary/aromatic N) is 1. The van der Waals surface area contributed by atoms with Crippen molar-refractivity contribution in [2.75, 3.05) is 6.54 Å². The van der Waals surface area contributed by atoms with Crippen LogP contribution in [0.4, 0.5) is 4.39 Å². The van der Waals surface area contributed by atoms with Crippen molar-refractivity contribution < 1.29 is 12.8 Å². The molecule has 1 aliphatic rings. The maximum Gasteiger partial charge on any atom is 0.214 e. The summed E-state index contributed by atoms with van der Waals surface area (Å²) in [4.78, 5) is 3.39. The average molecular weight is 351 g/mol. The SMILES string of the molecule is CC1=CC(CCN)=N/C(=C(/C(=N)N)S(=O)(=O)c2cccc(F)c2)N1. The van der Waals surface area contributed by atoms with Gasteiger partial charge >= 0.3 is 0 Å². The first-order chi connectivity index (χ1) is 11.3. The molecule has 0 radical (unpaired) electrons. The Kier molecular flexibility index (Phi) is 5.15. The lowest BCUT2D eigenvalue weighted by Crippen LogP contribution is -2.28. The Balaban J connectivity index is 2.65. The summed E-state index contributed by atoms with van der Waals surface area (Å²) in [6, 6.07) is 4.50. The number of aliphatic imine (C=N–C) groups is 1. The number of sulfone groups is 1. The van der Waals surface area contributed by atoms with Crippen molar-refractivity contribution in [2.45, 2.75) is 18.2 Å². The molecule has 0 fully saturated rings. The normalized spacial score (nSPS) is 16.8. The van der Waals surface area contributed by atoms with E-state index in [4.69, 9.17) is 16.9 Å². The smallest absolute Gasteiger partial charge is 0.214 e. The third kappa shape index (κ3) is 3.69. The standard InChI is InChI=1S/C15H18FN5O2S/c1-9-7-11(5-6-17)21-15(20-9)13(14(18)19)24(22,23)12-4-2-3-10(16)8-12/h2-4,7-8,20H,5-6,17H2,1H3,(H3,18,19)/b15-13-. The molecule has 24 heavy (non-hydrogen) atoms. The van der Waals surface area contributed by atoms with Crippen molar-refractivity contribution in [1.82, 2.24) is 5.32 Å². The van der Waals surface area contributed by atoms with Gasteiger partial charge in [0, 0.05) is 17.8 Å². The summed E-state index contributed by atoms with van der Waals surface area (Å²) in [5.74, 6) is -1.47.